The molecular weight excluding hydrogens is 270 g/mol. The summed E-state index contributed by atoms with van der Waals surface area (Å²) in [5.41, 5.74) is -1.45. The molecule has 0 spiro atoms. The molecule has 7 nitrogen and oxygen atoms in total. The van der Waals surface area contributed by atoms with Crippen molar-refractivity contribution in [1.29, 1.82) is 5.26 Å². The number of nitriles is 1. The van der Waals surface area contributed by atoms with Crippen molar-refractivity contribution >= 4 is 15.7 Å². The summed E-state index contributed by atoms with van der Waals surface area (Å²) in [5.74, 6) is -0.546. The highest BCUT2D eigenvalue weighted by Crippen LogP contribution is 2.20. The summed E-state index contributed by atoms with van der Waals surface area (Å²) in [6.45, 7) is 2.81. The van der Waals surface area contributed by atoms with Gasteiger partial charge in [-0.2, -0.15) is 9.98 Å². The molecule has 1 rings (SSSR count). The summed E-state index contributed by atoms with van der Waals surface area (Å²) >= 11 is 0. The Bertz CT molecular complexity index is 632. The lowest BCUT2D eigenvalue weighted by atomic mass is 10.1. The van der Waals surface area contributed by atoms with Crippen LogP contribution in [0, 0.1) is 21.4 Å². The van der Waals surface area contributed by atoms with E-state index in [1.54, 1.807) is 6.07 Å². The van der Waals surface area contributed by atoms with E-state index >= 15 is 0 Å². The largest absolute Gasteiger partial charge is 0.273 e. The number of nitrogens with one attached hydrogen (secondary N) is 1. The first-order valence-corrected chi connectivity index (χ1v) is 6.97. The van der Waals surface area contributed by atoms with Gasteiger partial charge in [0.15, 0.2) is 0 Å². The average Bonchev–Trinajstić information content (AvgIpc) is 2.27. The summed E-state index contributed by atoms with van der Waals surface area (Å²) in [7, 11) is -3.84. The Labute approximate surface area is 111 Å². The number of nitro groups is 1. The zero-order chi connectivity index (χ0) is 14.7. The van der Waals surface area contributed by atoms with Crippen LogP contribution in [0.1, 0.15) is 19.4 Å². The fourth-order valence-electron chi connectivity index (χ4n) is 1.46. The summed E-state index contributed by atoms with van der Waals surface area (Å²) in [5, 5.41) is 19.6. The van der Waals surface area contributed by atoms with Crippen LogP contribution >= 0.6 is 0 Å². The Kier molecular flexibility index (Phi) is 4.24. The highest BCUT2D eigenvalue weighted by molar-refractivity contribution is 7.88. The molecule has 0 aliphatic rings. The van der Waals surface area contributed by atoms with E-state index in [0.29, 0.717) is 0 Å². The fourth-order valence-corrected chi connectivity index (χ4v) is 3.01. The predicted molar refractivity (Wildman–Crippen MR) is 68.5 cm³/mol. The van der Waals surface area contributed by atoms with Crippen LogP contribution in [-0.2, 0) is 15.8 Å². The lowest BCUT2D eigenvalue weighted by Crippen LogP contribution is -2.42. The number of para-hydroxylation sites is 1. The number of sulfonamides is 1. The normalized spacial score (nSPS) is 11.8. The molecule has 19 heavy (non-hydrogen) atoms. The van der Waals surface area contributed by atoms with E-state index in [1.165, 1.54) is 38.1 Å². The molecule has 0 atom stereocenters. The van der Waals surface area contributed by atoms with E-state index in [4.69, 9.17) is 5.26 Å². The van der Waals surface area contributed by atoms with Gasteiger partial charge in [-0.1, -0.05) is 18.2 Å². The third kappa shape index (κ3) is 4.31. The quantitative estimate of drug-likeness (QED) is 0.646. The van der Waals surface area contributed by atoms with Crippen molar-refractivity contribution in [3.63, 3.8) is 0 Å². The van der Waals surface area contributed by atoms with Gasteiger partial charge in [-0.15, -0.1) is 0 Å². The van der Waals surface area contributed by atoms with E-state index in [9.17, 15) is 18.5 Å². The van der Waals surface area contributed by atoms with Crippen molar-refractivity contribution in [3.8, 4) is 6.07 Å². The molecule has 0 amide bonds. The SMILES string of the molecule is CC(C)(C#N)NS(=O)(=O)Cc1ccccc1[N+](=O)[O-]. The zero-order valence-electron chi connectivity index (χ0n) is 10.5. The van der Waals surface area contributed by atoms with Crippen LogP contribution in [0.5, 0.6) is 0 Å². The van der Waals surface area contributed by atoms with Crippen LogP contribution < -0.4 is 4.72 Å². The molecule has 102 valence electrons. The molecule has 0 aromatic heterocycles. The molecule has 0 fully saturated rings. The van der Waals surface area contributed by atoms with Crippen LogP contribution in [0.2, 0.25) is 0 Å². The minimum absolute atomic E-state index is 0.0775. The van der Waals surface area contributed by atoms with Gasteiger partial charge in [-0.3, -0.25) is 10.1 Å². The predicted octanol–water partition coefficient (Wildman–Crippen LogP) is 1.32. The fraction of sp³-hybridized carbons (Fsp3) is 0.364. The molecule has 1 aromatic carbocycles. The smallest absolute Gasteiger partial charge is 0.258 e. The molecular formula is C11H13N3O4S. The van der Waals surface area contributed by atoms with E-state index in [0.717, 1.165) is 0 Å². The summed E-state index contributed by atoms with van der Waals surface area (Å²) in [4.78, 5) is 10.1. The van der Waals surface area contributed by atoms with Gasteiger partial charge in [0.1, 0.15) is 5.54 Å². The van der Waals surface area contributed by atoms with Crippen molar-refractivity contribution in [2.45, 2.75) is 25.1 Å². The standard InChI is InChI=1S/C11H13N3O4S/c1-11(2,8-12)13-19(17,18)7-9-5-3-4-6-10(9)14(15)16/h3-6,13H,7H2,1-2H3. The topological polar surface area (TPSA) is 113 Å². The zero-order valence-corrected chi connectivity index (χ0v) is 11.3. The lowest BCUT2D eigenvalue weighted by Gasteiger charge is -2.17. The molecule has 0 saturated carbocycles. The average molecular weight is 283 g/mol. The number of benzene rings is 1. The molecule has 1 aromatic rings. The number of hydrogen-bond donors (Lipinski definition) is 1. The van der Waals surface area contributed by atoms with Gasteiger partial charge in [0.05, 0.1) is 16.7 Å². The minimum atomic E-state index is -3.84. The molecule has 0 unspecified atom stereocenters. The maximum Gasteiger partial charge on any atom is 0.273 e. The molecule has 0 heterocycles. The maximum atomic E-state index is 11.9. The second-order valence-corrected chi connectivity index (χ2v) is 6.21. The van der Waals surface area contributed by atoms with Gasteiger partial charge >= 0.3 is 0 Å². The Morgan fingerprint density at radius 1 is 1.42 bits per heavy atom. The van der Waals surface area contributed by atoms with Gasteiger partial charge in [-0.25, -0.2) is 8.42 Å². The van der Waals surface area contributed by atoms with Crippen molar-refractivity contribution < 1.29 is 13.3 Å². The maximum absolute atomic E-state index is 11.9. The van der Waals surface area contributed by atoms with Gasteiger partial charge < -0.3 is 0 Å². The van der Waals surface area contributed by atoms with Crippen molar-refractivity contribution in [2.24, 2.45) is 0 Å². The van der Waals surface area contributed by atoms with E-state index in [1.807, 2.05) is 0 Å². The third-order valence-electron chi connectivity index (χ3n) is 2.22. The Morgan fingerprint density at radius 2 is 2.00 bits per heavy atom. The van der Waals surface area contributed by atoms with Crippen LogP contribution in [-0.4, -0.2) is 18.9 Å². The van der Waals surface area contributed by atoms with Crippen LogP contribution in [0.15, 0.2) is 24.3 Å². The van der Waals surface area contributed by atoms with Crippen molar-refractivity contribution in [2.75, 3.05) is 0 Å². The van der Waals surface area contributed by atoms with E-state index in [-0.39, 0.29) is 11.3 Å². The first-order valence-electron chi connectivity index (χ1n) is 5.32. The molecule has 8 heteroatoms. The molecule has 0 radical (unpaired) electrons. The molecule has 0 aliphatic heterocycles. The summed E-state index contributed by atoms with van der Waals surface area (Å²) in [6.07, 6.45) is 0. The van der Waals surface area contributed by atoms with Gasteiger partial charge in [0.2, 0.25) is 10.0 Å². The summed E-state index contributed by atoms with van der Waals surface area (Å²) in [6, 6.07) is 7.38. The van der Waals surface area contributed by atoms with Gasteiger partial charge in [0, 0.05) is 11.6 Å². The number of rotatable bonds is 5. The monoisotopic (exact) mass is 283 g/mol. The Balaban J connectivity index is 3.04. The third-order valence-corrected chi connectivity index (χ3v) is 3.74. The second kappa shape index (κ2) is 5.34. The summed E-state index contributed by atoms with van der Waals surface area (Å²) < 4.78 is 25.9. The molecule has 0 saturated heterocycles. The van der Waals surface area contributed by atoms with Crippen LogP contribution in [0.3, 0.4) is 0 Å². The molecule has 1 N–H and O–H groups in total. The van der Waals surface area contributed by atoms with Crippen molar-refractivity contribution in [3.05, 3.63) is 39.9 Å². The highest BCUT2D eigenvalue weighted by atomic mass is 32.2. The number of nitrogens with zero attached hydrogens (tertiary/aromatic N) is 2. The first-order chi connectivity index (χ1) is 8.67. The number of nitro benzene ring substituents is 1. The van der Waals surface area contributed by atoms with Gasteiger partial charge in [0.25, 0.3) is 5.69 Å². The van der Waals surface area contributed by atoms with Gasteiger partial charge in [-0.05, 0) is 13.8 Å². The lowest BCUT2D eigenvalue weighted by molar-refractivity contribution is -0.385. The van der Waals surface area contributed by atoms with E-state index < -0.39 is 26.2 Å². The highest BCUT2D eigenvalue weighted by Gasteiger charge is 2.26. The van der Waals surface area contributed by atoms with Crippen LogP contribution in [0.4, 0.5) is 5.69 Å². The van der Waals surface area contributed by atoms with Crippen LogP contribution in [0.25, 0.3) is 0 Å². The minimum Gasteiger partial charge on any atom is -0.258 e. The molecule has 0 bridgehead atoms. The molecule has 0 aliphatic carbocycles. The Morgan fingerprint density at radius 3 is 2.53 bits per heavy atom. The Hall–Kier alpha value is -1.98. The van der Waals surface area contributed by atoms with E-state index in [2.05, 4.69) is 4.72 Å². The number of hydrogen-bond acceptors (Lipinski definition) is 5. The van der Waals surface area contributed by atoms with Crippen molar-refractivity contribution in [1.82, 2.24) is 4.72 Å². The first kappa shape index (κ1) is 15.1. The second-order valence-electron chi connectivity index (χ2n) is 4.48.